The van der Waals surface area contributed by atoms with Gasteiger partial charge in [-0.1, -0.05) is 36.2 Å². The number of thioether (sulfide) groups is 1. The third-order valence-electron chi connectivity index (χ3n) is 4.26. The molecule has 1 fully saturated rings. The molecule has 0 atom stereocenters. The number of hydrogen-bond donors (Lipinski definition) is 0. The van der Waals surface area contributed by atoms with E-state index in [0.29, 0.717) is 33.0 Å². The highest BCUT2D eigenvalue weighted by molar-refractivity contribution is 14.1. The Bertz CT molecular complexity index is 1030. The second kappa shape index (κ2) is 10.3. The topological polar surface area (TPSA) is 55.8 Å². The molecule has 2 amide bonds. The van der Waals surface area contributed by atoms with Crippen molar-refractivity contribution < 1.29 is 19.1 Å². The van der Waals surface area contributed by atoms with Gasteiger partial charge < -0.3 is 9.47 Å². The number of imide groups is 1. The fourth-order valence-corrected chi connectivity index (χ4v) is 4.93. The quantitative estimate of drug-likeness (QED) is 0.273. The van der Waals surface area contributed by atoms with Crippen LogP contribution in [0.1, 0.15) is 24.5 Å². The Labute approximate surface area is 202 Å². The van der Waals surface area contributed by atoms with Gasteiger partial charge in [-0.2, -0.15) is 0 Å². The van der Waals surface area contributed by atoms with Crippen molar-refractivity contribution in [3.8, 4) is 11.5 Å². The van der Waals surface area contributed by atoms with Crippen LogP contribution in [-0.4, -0.2) is 29.7 Å². The molecule has 0 aliphatic carbocycles. The summed E-state index contributed by atoms with van der Waals surface area (Å²) in [6.45, 7) is 2.59. The number of hydrogen-bond acceptors (Lipinski definition) is 5. The number of carbonyl (C=O) groups excluding carboxylic acids is 2. The van der Waals surface area contributed by atoms with E-state index in [0.717, 1.165) is 32.9 Å². The van der Waals surface area contributed by atoms with Gasteiger partial charge in [-0.15, -0.1) is 0 Å². The second-order valence-corrected chi connectivity index (χ2v) is 9.39. The van der Waals surface area contributed by atoms with Crippen LogP contribution in [0, 0.1) is 3.57 Å². The van der Waals surface area contributed by atoms with Gasteiger partial charge in [0.05, 0.1) is 15.6 Å². The minimum absolute atomic E-state index is 0.241. The van der Waals surface area contributed by atoms with Gasteiger partial charge in [0.1, 0.15) is 6.61 Å². The van der Waals surface area contributed by atoms with E-state index in [1.165, 1.54) is 4.90 Å². The van der Waals surface area contributed by atoms with Crippen LogP contribution < -0.4 is 9.47 Å². The molecule has 0 radical (unpaired) electrons. The van der Waals surface area contributed by atoms with Gasteiger partial charge in [0.15, 0.2) is 11.5 Å². The Morgan fingerprint density at radius 1 is 1.20 bits per heavy atom. The molecule has 1 heterocycles. The van der Waals surface area contributed by atoms with Crippen molar-refractivity contribution in [2.45, 2.75) is 20.0 Å². The first kappa shape index (κ1) is 23.2. The van der Waals surface area contributed by atoms with Crippen LogP contribution in [0.15, 0.2) is 35.2 Å². The zero-order valence-corrected chi connectivity index (χ0v) is 20.7. The zero-order valence-electron chi connectivity index (χ0n) is 16.2. The highest BCUT2D eigenvalue weighted by Gasteiger charge is 2.34. The first-order valence-electron chi connectivity index (χ1n) is 9.03. The van der Waals surface area contributed by atoms with E-state index in [1.807, 2.05) is 19.1 Å². The van der Waals surface area contributed by atoms with Crippen molar-refractivity contribution in [3.63, 3.8) is 0 Å². The Morgan fingerprint density at radius 2 is 1.97 bits per heavy atom. The molecule has 0 bridgehead atoms. The summed E-state index contributed by atoms with van der Waals surface area (Å²) in [4.78, 5) is 26.2. The highest BCUT2D eigenvalue weighted by atomic mass is 127. The number of amides is 2. The van der Waals surface area contributed by atoms with Gasteiger partial charge in [0.2, 0.25) is 0 Å². The van der Waals surface area contributed by atoms with Crippen molar-refractivity contribution in [1.82, 2.24) is 4.90 Å². The average Bonchev–Trinajstić information content (AvgIpc) is 2.95. The van der Waals surface area contributed by atoms with E-state index in [9.17, 15) is 9.59 Å². The van der Waals surface area contributed by atoms with E-state index in [4.69, 9.17) is 32.7 Å². The molecule has 1 saturated heterocycles. The largest absolute Gasteiger partial charge is 0.493 e. The molecule has 0 unspecified atom stereocenters. The molecule has 158 valence electrons. The number of halogens is 3. The number of ether oxygens (including phenoxy) is 2. The molecule has 1 aliphatic heterocycles. The van der Waals surface area contributed by atoms with Gasteiger partial charge >= 0.3 is 0 Å². The minimum atomic E-state index is -0.265. The zero-order chi connectivity index (χ0) is 21.8. The van der Waals surface area contributed by atoms with Crippen LogP contribution in [0.25, 0.3) is 6.08 Å². The summed E-state index contributed by atoms with van der Waals surface area (Å²) in [5.41, 5.74) is 1.54. The lowest BCUT2D eigenvalue weighted by molar-refractivity contribution is -0.122. The molecule has 9 heteroatoms. The SMILES string of the molecule is CCCN1C(=O)S/C(=C/c2cc(I)c(OCc3ccc(Cl)cc3Cl)c(OC)c2)C1=O. The predicted molar refractivity (Wildman–Crippen MR) is 129 cm³/mol. The smallest absolute Gasteiger partial charge is 0.293 e. The molecule has 0 saturated carbocycles. The first-order valence-corrected chi connectivity index (χ1v) is 11.7. The normalized spacial score (nSPS) is 15.2. The fraction of sp³-hybridized carbons (Fsp3) is 0.238. The molecule has 1 aliphatic rings. The molecular formula is C21H18Cl2INO4S. The molecule has 0 spiro atoms. The van der Waals surface area contributed by atoms with Crippen LogP contribution in [0.3, 0.4) is 0 Å². The molecule has 0 aromatic heterocycles. The van der Waals surface area contributed by atoms with Crippen LogP contribution in [0.2, 0.25) is 10.0 Å². The molecule has 2 aromatic carbocycles. The Hall–Kier alpha value is -1.42. The van der Waals surface area contributed by atoms with Crippen molar-refractivity contribution in [2.75, 3.05) is 13.7 Å². The maximum Gasteiger partial charge on any atom is 0.293 e. The van der Waals surface area contributed by atoms with E-state index in [-0.39, 0.29) is 17.8 Å². The molecule has 3 rings (SSSR count). The minimum Gasteiger partial charge on any atom is -0.493 e. The third kappa shape index (κ3) is 5.25. The Morgan fingerprint density at radius 3 is 2.63 bits per heavy atom. The number of benzene rings is 2. The summed E-state index contributed by atoms with van der Waals surface area (Å²) >= 11 is 15.3. The van der Waals surface area contributed by atoms with Crippen molar-refractivity contribution in [3.05, 3.63) is 60.0 Å². The molecular weight excluding hydrogens is 560 g/mol. The molecule has 0 N–H and O–H groups in total. The summed E-state index contributed by atoms with van der Waals surface area (Å²) < 4.78 is 12.3. The van der Waals surface area contributed by atoms with Gasteiger partial charge in [-0.25, -0.2) is 0 Å². The fourth-order valence-electron chi connectivity index (χ4n) is 2.82. The maximum atomic E-state index is 12.5. The van der Waals surface area contributed by atoms with Crippen molar-refractivity contribution in [2.24, 2.45) is 0 Å². The van der Waals surface area contributed by atoms with Crippen LogP contribution in [-0.2, 0) is 11.4 Å². The number of carbonyl (C=O) groups is 2. The summed E-state index contributed by atoms with van der Waals surface area (Å²) in [6, 6.07) is 8.87. The van der Waals surface area contributed by atoms with Gasteiger partial charge in [0.25, 0.3) is 11.1 Å². The maximum absolute atomic E-state index is 12.5. The van der Waals surface area contributed by atoms with E-state index >= 15 is 0 Å². The van der Waals surface area contributed by atoms with Crippen LogP contribution >= 0.6 is 57.6 Å². The van der Waals surface area contributed by atoms with Crippen LogP contribution in [0.5, 0.6) is 11.5 Å². The van der Waals surface area contributed by atoms with Crippen molar-refractivity contribution >= 4 is 74.8 Å². The van der Waals surface area contributed by atoms with Gasteiger partial charge in [0, 0.05) is 22.2 Å². The lowest BCUT2D eigenvalue weighted by Gasteiger charge is -2.14. The predicted octanol–water partition coefficient (Wildman–Crippen LogP) is 6.63. The summed E-state index contributed by atoms with van der Waals surface area (Å²) in [6.07, 6.45) is 2.42. The Kier molecular flexibility index (Phi) is 7.95. The number of nitrogens with zero attached hydrogens (tertiary/aromatic N) is 1. The molecule has 5 nitrogen and oxygen atoms in total. The van der Waals surface area contributed by atoms with E-state index < -0.39 is 0 Å². The lowest BCUT2D eigenvalue weighted by atomic mass is 10.1. The molecule has 2 aromatic rings. The highest BCUT2D eigenvalue weighted by Crippen LogP contribution is 2.38. The summed E-state index contributed by atoms with van der Waals surface area (Å²) in [7, 11) is 1.55. The molecule has 30 heavy (non-hydrogen) atoms. The number of rotatable bonds is 7. The van der Waals surface area contributed by atoms with E-state index in [2.05, 4.69) is 22.6 Å². The van der Waals surface area contributed by atoms with Crippen LogP contribution in [0.4, 0.5) is 4.79 Å². The average molecular weight is 578 g/mol. The standard InChI is InChI=1S/C21H18Cl2INO4S/c1-3-6-25-20(26)18(30-21(25)27)9-12-7-16(24)19(17(8-12)28-2)29-11-13-4-5-14(22)10-15(13)23/h4-5,7-10H,3,6,11H2,1-2H3/b18-9+. The van der Waals surface area contributed by atoms with E-state index in [1.54, 1.807) is 31.4 Å². The summed E-state index contributed by atoms with van der Waals surface area (Å²) in [5.74, 6) is 0.824. The Balaban J connectivity index is 1.84. The van der Waals surface area contributed by atoms with Crippen molar-refractivity contribution in [1.29, 1.82) is 0 Å². The lowest BCUT2D eigenvalue weighted by Crippen LogP contribution is -2.28. The van der Waals surface area contributed by atoms with Gasteiger partial charge in [-0.3, -0.25) is 14.5 Å². The second-order valence-electron chi connectivity index (χ2n) is 6.39. The first-order chi connectivity index (χ1) is 14.3. The monoisotopic (exact) mass is 577 g/mol. The number of methoxy groups -OCH3 is 1. The third-order valence-corrected chi connectivity index (χ3v) is 6.55. The van der Waals surface area contributed by atoms with Gasteiger partial charge in [-0.05, 0) is 76.7 Å². The summed E-state index contributed by atoms with van der Waals surface area (Å²) in [5, 5.41) is 0.842.